The van der Waals surface area contributed by atoms with E-state index in [4.69, 9.17) is 11.6 Å². The van der Waals surface area contributed by atoms with Crippen LogP contribution in [0.4, 0.5) is 30.4 Å². The van der Waals surface area contributed by atoms with Gasteiger partial charge in [0, 0.05) is 42.2 Å². The van der Waals surface area contributed by atoms with Crippen molar-refractivity contribution < 1.29 is 27.5 Å². The van der Waals surface area contributed by atoms with Crippen molar-refractivity contribution in [3.63, 3.8) is 0 Å². The van der Waals surface area contributed by atoms with E-state index in [9.17, 15) is 22.8 Å². The molecule has 0 aliphatic heterocycles. The maximum atomic E-state index is 12.5. The van der Waals surface area contributed by atoms with Crippen molar-refractivity contribution in [1.82, 2.24) is 9.97 Å². The molecule has 11 heteroatoms. The number of nitrogens with zero attached hydrogens (tertiary/aromatic N) is 3. The molecule has 1 aromatic carbocycles. The Morgan fingerprint density at radius 3 is 2.50 bits per heavy atom. The summed E-state index contributed by atoms with van der Waals surface area (Å²) < 4.78 is 41.3. The number of aromatic nitrogens is 2. The molecule has 0 unspecified atom stereocenters. The average Bonchev–Trinajstić information content (AvgIpc) is 2.69. The molecule has 1 N–H and O–H groups in total. The molecular formula is C21H16ClF3N4O3. The van der Waals surface area contributed by atoms with Crippen molar-refractivity contribution in [1.29, 1.82) is 0 Å². The van der Waals surface area contributed by atoms with Crippen LogP contribution in [-0.2, 0) is 16.0 Å². The van der Waals surface area contributed by atoms with Gasteiger partial charge in [-0.2, -0.15) is 0 Å². The van der Waals surface area contributed by atoms with Crippen molar-refractivity contribution >= 4 is 40.6 Å². The van der Waals surface area contributed by atoms with E-state index in [-0.39, 0.29) is 23.8 Å². The monoisotopic (exact) mass is 464 g/mol. The number of benzene rings is 1. The lowest BCUT2D eigenvalue weighted by Gasteiger charge is -2.21. The molecule has 3 aromatic rings. The Morgan fingerprint density at radius 1 is 1.09 bits per heavy atom. The van der Waals surface area contributed by atoms with Gasteiger partial charge < -0.3 is 10.1 Å². The molecule has 0 saturated carbocycles. The van der Waals surface area contributed by atoms with Gasteiger partial charge in [-0.25, -0.2) is 9.97 Å². The molecular weight excluding hydrogens is 449 g/mol. The summed E-state index contributed by atoms with van der Waals surface area (Å²) in [6, 6.07) is 12.1. The van der Waals surface area contributed by atoms with E-state index in [0.717, 1.165) is 17.2 Å². The first kappa shape index (κ1) is 23.0. The third kappa shape index (κ3) is 6.17. The van der Waals surface area contributed by atoms with Crippen molar-refractivity contribution in [3.05, 3.63) is 71.5 Å². The van der Waals surface area contributed by atoms with E-state index < -0.39 is 18.1 Å². The van der Waals surface area contributed by atoms with Crippen molar-refractivity contribution in [2.75, 3.05) is 10.2 Å². The molecule has 0 atom stereocenters. The van der Waals surface area contributed by atoms with Gasteiger partial charge in [-0.1, -0.05) is 29.8 Å². The number of ether oxygens (including phenoxy) is 1. The largest absolute Gasteiger partial charge is 0.574 e. The van der Waals surface area contributed by atoms with Gasteiger partial charge in [-0.15, -0.1) is 13.2 Å². The van der Waals surface area contributed by atoms with Gasteiger partial charge in [-0.3, -0.25) is 14.5 Å². The molecule has 2 amide bonds. The number of hydrogen-bond acceptors (Lipinski definition) is 5. The highest BCUT2D eigenvalue weighted by atomic mass is 35.5. The minimum absolute atomic E-state index is 0.0241. The molecule has 0 saturated heterocycles. The number of amides is 2. The zero-order chi connectivity index (χ0) is 23.3. The van der Waals surface area contributed by atoms with Crippen LogP contribution in [0.15, 0.2) is 60.9 Å². The molecule has 32 heavy (non-hydrogen) atoms. The number of nitrogens with one attached hydrogen (secondary N) is 1. The standard InChI is InChI=1S/C21H16ClF3N4O3/c1-13(30)29(16-7-9-27-20(12-16)32-21(23,24)25)18-11-15(6-8-26-18)28-19(31)10-14-4-2-3-5-17(14)22/h2-9,11-12H,10H2,1H3,(H,26,28,31). The minimum atomic E-state index is -4.93. The van der Waals surface area contributed by atoms with Gasteiger partial charge in [0.2, 0.25) is 17.7 Å². The number of anilines is 3. The van der Waals surface area contributed by atoms with Crippen LogP contribution in [0.2, 0.25) is 5.02 Å². The highest BCUT2D eigenvalue weighted by Crippen LogP contribution is 2.29. The molecule has 166 valence electrons. The summed E-state index contributed by atoms with van der Waals surface area (Å²) in [5.74, 6) is -1.53. The number of pyridine rings is 2. The van der Waals surface area contributed by atoms with Crippen molar-refractivity contribution in [3.8, 4) is 5.88 Å². The van der Waals surface area contributed by atoms with E-state index >= 15 is 0 Å². The van der Waals surface area contributed by atoms with Crippen LogP contribution >= 0.6 is 11.6 Å². The summed E-state index contributed by atoms with van der Waals surface area (Å²) in [5, 5.41) is 3.14. The molecule has 0 aliphatic rings. The summed E-state index contributed by atoms with van der Waals surface area (Å²) in [5.41, 5.74) is 1.03. The van der Waals surface area contributed by atoms with E-state index in [1.54, 1.807) is 24.3 Å². The average molecular weight is 465 g/mol. The lowest BCUT2D eigenvalue weighted by molar-refractivity contribution is -0.276. The smallest absolute Gasteiger partial charge is 0.388 e. The summed E-state index contributed by atoms with van der Waals surface area (Å²) in [7, 11) is 0. The van der Waals surface area contributed by atoms with Gasteiger partial charge in [0.15, 0.2) is 0 Å². The normalized spacial score (nSPS) is 11.0. The summed E-state index contributed by atoms with van der Waals surface area (Å²) >= 11 is 6.07. The summed E-state index contributed by atoms with van der Waals surface area (Å²) in [4.78, 5) is 33.3. The van der Waals surface area contributed by atoms with Crippen molar-refractivity contribution in [2.45, 2.75) is 19.7 Å². The first-order chi connectivity index (χ1) is 15.1. The van der Waals surface area contributed by atoms with Crippen LogP contribution in [0.5, 0.6) is 5.88 Å². The van der Waals surface area contributed by atoms with E-state index in [0.29, 0.717) is 16.3 Å². The fourth-order valence-corrected chi connectivity index (χ4v) is 3.03. The number of carbonyl (C=O) groups is 2. The summed E-state index contributed by atoms with van der Waals surface area (Å²) in [6.45, 7) is 1.22. The van der Waals surface area contributed by atoms with Gasteiger partial charge >= 0.3 is 6.36 Å². The van der Waals surface area contributed by atoms with Crippen molar-refractivity contribution in [2.24, 2.45) is 0 Å². The third-order valence-corrected chi connectivity index (χ3v) is 4.45. The Kier molecular flexibility index (Phi) is 6.94. The Bertz CT molecular complexity index is 1140. The van der Waals surface area contributed by atoms with Gasteiger partial charge in [0.05, 0.1) is 12.1 Å². The Balaban J connectivity index is 1.83. The first-order valence-corrected chi connectivity index (χ1v) is 9.52. The molecule has 0 bridgehead atoms. The number of carbonyl (C=O) groups excluding carboxylic acids is 2. The maximum Gasteiger partial charge on any atom is 0.574 e. The third-order valence-electron chi connectivity index (χ3n) is 4.08. The highest BCUT2D eigenvalue weighted by Gasteiger charge is 2.32. The zero-order valence-corrected chi connectivity index (χ0v) is 17.3. The fraction of sp³-hybridized carbons (Fsp3) is 0.143. The Morgan fingerprint density at radius 2 is 1.81 bits per heavy atom. The van der Waals surface area contributed by atoms with Crippen LogP contribution in [0, 0.1) is 0 Å². The second kappa shape index (κ2) is 9.65. The number of alkyl halides is 3. The minimum Gasteiger partial charge on any atom is -0.388 e. The number of hydrogen-bond donors (Lipinski definition) is 1. The Labute approximate surface area is 185 Å². The molecule has 3 rings (SSSR count). The lowest BCUT2D eigenvalue weighted by atomic mass is 10.1. The van der Waals surface area contributed by atoms with Crippen LogP contribution < -0.4 is 15.0 Å². The van der Waals surface area contributed by atoms with Crippen LogP contribution in [0.1, 0.15) is 12.5 Å². The lowest BCUT2D eigenvalue weighted by Crippen LogP contribution is -2.24. The van der Waals surface area contributed by atoms with E-state index in [2.05, 4.69) is 20.0 Å². The molecule has 2 heterocycles. The number of halogens is 4. The predicted octanol–water partition coefficient (Wildman–Crippen LogP) is 4.89. The number of rotatable bonds is 6. The van der Waals surface area contributed by atoms with Gasteiger partial charge in [-0.05, 0) is 23.8 Å². The summed E-state index contributed by atoms with van der Waals surface area (Å²) in [6.07, 6.45) is -2.49. The second-order valence-corrected chi connectivity index (χ2v) is 6.88. The maximum absolute atomic E-state index is 12.5. The SMILES string of the molecule is CC(=O)N(c1ccnc(OC(F)(F)F)c1)c1cc(NC(=O)Cc2ccccc2Cl)ccn1. The quantitative estimate of drug-likeness (QED) is 0.561. The first-order valence-electron chi connectivity index (χ1n) is 9.14. The fourth-order valence-electron chi connectivity index (χ4n) is 2.83. The highest BCUT2D eigenvalue weighted by molar-refractivity contribution is 6.31. The molecule has 7 nitrogen and oxygen atoms in total. The second-order valence-electron chi connectivity index (χ2n) is 6.47. The van der Waals surface area contributed by atoms with Gasteiger partial charge in [0.25, 0.3) is 0 Å². The Hall–Kier alpha value is -3.66. The van der Waals surface area contributed by atoms with E-state index in [1.807, 2.05) is 0 Å². The van der Waals surface area contributed by atoms with E-state index in [1.165, 1.54) is 31.3 Å². The predicted molar refractivity (Wildman–Crippen MR) is 112 cm³/mol. The molecule has 0 aliphatic carbocycles. The topological polar surface area (TPSA) is 84.4 Å². The van der Waals surface area contributed by atoms with Crippen LogP contribution in [0.25, 0.3) is 0 Å². The zero-order valence-electron chi connectivity index (χ0n) is 16.6. The molecule has 2 aromatic heterocycles. The molecule has 0 fully saturated rings. The van der Waals surface area contributed by atoms with Crippen LogP contribution in [-0.4, -0.2) is 28.1 Å². The molecule has 0 spiro atoms. The van der Waals surface area contributed by atoms with Gasteiger partial charge in [0.1, 0.15) is 5.82 Å². The van der Waals surface area contributed by atoms with Crippen LogP contribution in [0.3, 0.4) is 0 Å². The molecule has 0 radical (unpaired) electrons.